The molecule has 2 aliphatic rings. The Hall–Kier alpha value is -1.71. The zero-order valence-electron chi connectivity index (χ0n) is 12.9. The normalized spacial score (nSPS) is 31.5. The first-order chi connectivity index (χ1) is 10.1. The minimum Gasteiger partial charge on any atom is -0.381 e. The Morgan fingerprint density at radius 3 is 2.48 bits per heavy atom. The smallest absolute Gasteiger partial charge is 0.244 e. The van der Waals surface area contributed by atoms with E-state index in [0.717, 1.165) is 24.2 Å². The lowest BCUT2D eigenvalue weighted by Crippen LogP contribution is -2.50. The minimum atomic E-state index is -0.188. The highest BCUT2D eigenvalue weighted by Gasteiger charge is 2.29. The van der Waals surface area contributed by atoms with Crippen molar-refractivity contribution < 1.29 is 4.79 Å². The monoisotopic (exact) mass is 287 g/mol. The van der Waals surface area contributed by atoms with Gasteiger partial charge < -0.3 is 16.0 Å². The molecule has 3 rings (SSSR count). The summed E-state index contributed by atoms with van der Waals surface area (Å²) < 4.78 is 0. The lowest BCUT2D eigenvalue weighted by Gasteiger charge is -2.34. The lowest BCUT2D eigenvalue weighted by atomic mass is 9.80. The summed E-state index contributed by atoms with van der Waals surface area (Å²) in [6, 6.07) is 8.16. The fraction of sp³-hybridized carbons (Fsp3) is 0.588. The molecule has 0 radical (unpaired) electrons. The molecule has 1 aliphatic heterocycles. The molecule has 3 unspecified atom stereocenters. The summed E-state index contributed by atoms with van der Waals surface area (Å²) in [6.07, 6.45) is 3.49. The van der Waals surface area contributed by atoms with Crippen molar-refractivity contribution >= 4 is 17.3 Å². The second-order valence-electron chi connectivity index (χ2n) is 6.75. The molecule has 4 nitrogen and oxygen atoms in total. The number of carbonyl (C=O) groups excluding carboxylic acids is 1. The van der Waals surface area contributed by atoms with Crippen LogP contribution in [-0.4, -0.2) is 24.5 Å². The third-order valence-corrected chi connectivity index (χ3v) is 4.59. The number of amides is 1. The second kappa shape index (κ2) is 5.96. The van der Waals surface area contributed by atoms with Gasteiger partial charge in [0.1, 0.15) is 6.04 Å². The maximum Gasteiger partial charge on any atom is 0.244 e. The summed E-state index contributed by atoms with van der Waals surface area (Å²) in [7, 11) is 0. The van der Waals surface area contributed by atoms with Gasteiger partial charge in [0.05, 0.1) is 11.4 Å². The SMILES string of the molecule is CC1CC(C)CC(NC(=O)C2CNc3ccccc3N2)C1. The largest absolute Gasteiger partial charge is 0.381 e. The molecule has 0 saturated heterocycles. The summed E-state index contributed by atoms with van der Waals surface area (Å²) in [4.78, 5) is 12.5. The van der Waals surface area contributed by atoms with Gasteiger partial charge in [-0.25, -0.2) is 0 Å². The average molecular weight is 287 g/mol. The molecule has 1 aliphatic carbocycles. The van der Waals surface area contributed by atoms with E-state index in [-0.39, 0.29) is 11.9 Å². The van der Waals surface area contributed by atoms with Crippen LogP contribution in [0.4, 0.5) is 11.4 Å². The molecular weight excluding hydrogens is 262 g/mol. The third-order valence-electron chi connectivity index (χ3n) is 4.59. The Kier molecular flexibility index (Phi) is 4.04. The van der Waals surface area contributed by atoms with Gasteiger partial charge in [-0.15, -0.1) is 0 Å². The number of anilines is 2. The molecule has 1 fully saturated rings. The summed E-state index contributed by atoms with van der Waals surface area (Å²) in [5.41, 5.74) is 2.08. The molecule has 1 aromatic rings. The highest BCUT2D eigenvalue weighted by atomic mass is 16.2. The van der Waals surface area contributed by atoms with E-state index in [2.05, 4.69) is 29.8 Å². The van der Waals surface area contributed by atoms with Crippen LogP contribution < -0.4 is 16.0 Å². The molecular formula is C17H25N3O. The molecule has 1 saturated carbocycles. The summed E-state index contributed by atoms with van der Waals surface area (Å²) >= 11 is 0. The van der Waals surface area contributed by atoms with E-state index in [0.29, 0.717) is 24.4 Å². The van der Waals surface area contributed by atoms with E-state index in [9.17, 15) is 4.79 Å². The van der Waals surface area contributed by atoms with Gasteiger partial charge >= 0.3 is 0 Å². The van der Waals surface area contributed by atoms with E-state index in [1.165, 1.54) is 6.42 Å². The van der Waals surface area contributed by atoms with E-state index in [4.69, 9.17) is 0 Å². The number of carbonyl (C=O) groups is 1. The van der Waals surface area contributed by atoms with Gasteiger partial charge in [-0.1, -0.05) is 26.0 Å². The van der Waals surface area contributed by atoms with Crippen LogP contribution in [0, 0.1) is 11.8 Å². The van der Waals surface area contributed by atoms with Crippen LogP contribution in [-0.2, 0) is 4.79 Å². The predicted molar refractivity (Wildman–Crippen MR) is 86.5 cm³/mol. The van der Waals surface area contributed by atoms with Crippen molar-refractivity contribution in [1.29, 1.82) is 0 Å². The fourth-order valence-electron chi connectivity index (χ4n) is 3.74. The van der Waals surface area contributed by atoms with Crippen LogP contribution in [0.2, 0.25) is 0 Å². The maximum atomic E-state index is 12.5. The van der Waals surface area contributed by atoms with E-state index >= 15 is 0 Å². The molecule has 1 amide bonds. The van der Waals surface area contributed by atoms with Crippen molar-refractivity contribution in [2.24, 2.45) is 11.8 Å². The Morgan fingerprint density at radius 2 is 1.76 bits per heavy atom. The molecule has 114 valence electrons. The zero-order valence-corrected chi connectivity index (χ0v) is 12.9. The van der Waals surface area contributed by atoms with Crippen LogP contribution in [0.5, 0.6) is 0 Å². The minimum absolute atomic E-state index is 0.114. The Labute approximate surface area is 126 Å². The van der Waals surface area contributed by atoms with Crippen molar-refractivity contribution in [3.63, 3.8) is 0 Å². The van der Waals surface area contributed by atoms with E-state index in [1.54, 1.807) is 0 Å². The number of para-hydroxylation sites is 2. The predicted octanol–water partition coefficient (Wildman–Crippen LogP) is 2.83. The highest BCUT2D eigenvalue weighted by molar-refractivity contribution is 5.88. The topological polar surface area (TPSA) is 53.2 Å². The van der Waals surface area contributed by atoms with Gasteiger partial charge in [0, 0.05) is 12.6 Å². The number of fused-ring (bicyclic) bond motifs is 1. The molecule has 4 heteroatoms. The zero-order chi connectivity index (χ0) is 14.8. The van der Waals surface area contributed by atoms with Crippen LogP contribution in [0.1, 0.15) is 33.1 Å². The molecule has 0 bridgehead atoms. The van der Waals surface area contributed by atoms with Gasteiger partial charge in [0.25, 0.3) is 0 Å². The first kappa shape index (κ1) is 14.2. The first-order valence-electron chi connectivity index (χ1n) is 8.01. The van der Waals surface area contributed by atoms with Gasteiger partial charge in [-0.2, -0.15) is 0 Å². The third kappa shape index (κ3) is 3.31. The van der Waals surface area contributed by atoms with Crippen LogP contribution in [0.3, 0.4) is 0 Å². The number of hydrogen-bond donors (Lipinski definition) is 3. The molecule has 1 heterocycles. The van der Waals surface area contributed by atoms with Gasteiger partial charge in [0.2, 0.25) is 5.91 Å². The van der Waals surface area contributed by atoms with Crippen molar-refractivity contribution in [3.8, 4) is 0 Å². The summed E-state index contributed by atoms with van der Waals surface area (Å²) in [5, 5.41) is 9.90. The standard InChI is InChI=1S/C17H25N3O/c1-11-7-12(2)9-13(8-11)19-17(21)16-10-18-14-5-3-4-6-15(14)20-16/h3-6,11-13,16,18,20H,7-10H2,1-2H3,(H,19,21). The molecule has 3 atom stereocenters. The van der Waals surface area contributed by atoms with E-state index in [1.807, 2.05) is 24.3 Å². The van der Waals surface area contributed by atoms with Crippen LogP contribution >= 0.6 is 0 Å². The molecule has 0 spiro atoms. The van der Waals surface area contributed by atoms with E-state index < -0.39 is 0 Å². The van der Waals surface area contributed by atoms with Crippen LogP contribution in [0.25, 0.3) is 0 Å². The number of rotatable bonds is 2. The van der Waals surface area contributed by atoms with Crippen molar-refractivity contribution in [1.82, 2.24) is 5.32 Å². The highest BCUT2D eigenvalue weighted by Crippen LogP contribution is 2.29. The maximum absolute atomic E-state index is 12.5. The van der Waals surface area contributed by atoms with Gasteiger partial charge in [0.15, 0.2) is 0 Å². The molecule has 1 aromatic carbocycles. The number of nitrogens with one attached hydrogen (secondary N) is 3. The average Bonchev–Trinajstić information content (AvgIpc) is 2.45. The lowest BCUT2D eigenvalue weighted by molar-refractivity contribution is -0.122. The first-order valence-corrected chi connectivity index (χ1v) is 8.01. The molecule has 21 heavy (non-hydrogen) atoms. The van der Waals surface area contributed by atoms with Gasteiger partial charge in [-0.3, -0.25) is 4.79 Å². The quantitative estimate of drug-likeness (QED) is 0.784. The number of hydrogen-bond acceptors (Lipinski definition) is 3. The Balaban J connectivity index is 1.59. The van der Waals surface area contributed by atoms with Gasteiger partial charge in [-0.05, 0) is 43.2 Å². The molecule has 3 N–H and O–H groups in total. The van der Waals surface area contributed by atoms with Crippen LogP contribution in [0.15, 0.2) is 24.3 Å². The van der Waals surface area contributed by atoms with Crippen molar-refractivity contribution in [3.05, 3.63) is 24.3 Å². The van der Waals surface area contributed by atoms with Crippen molar-refractivity contribution in [2.45, 2.75) is 45.2 Å². The molecule has 0 aromatic heterocycles. The summed E-state index contributed by atoms with van der Waals surface area (Å²) in [6.45, 7) is 5.21. The Morgan fingerprint density at radius 1 is 1.10 bits per heavy atom. The second-order valence-corrected chi connectivity index (χ2v) is 6.75. The summed E-state index contributed by atoms with van der Waals surface area (Å²) in [5.74, 6) is 1.53. The Bertz CT molecular complexity index is 507. The van der Waals surface area contributed by atoms with Crippen molar-refractivity contribution in [2.75, 3.05) is 17.2 Å². The fourth-order valence-corrected chi connectivity index (χ4v) is 3.74. The number of benzene rings is 1.